The molecule has 0 aliphatic carbocycles. The molecule has 0 unspecified atom stereocenters. The fourth-order valence-corrected chi connectivity index (χ4v) is 2.99. The first kappa shape index (κ1) is 14.0. The topological polar surface area (TPSA) is 87.5 Å². The van der Waals surface area contributed by atoms with Crippen molar-refractivity contribution in [3.63, 3.8) is 0 Å². The normalized spacial score (nSPS) is 19.0. The Morgan fingerprint density at radius 1 is 1.58 bits per heavy atom. The van der Waals surface area contributed by atoms with E-state index < -0.39 is 5.54 Å². The lowest BCUT2D eigenvalue weighted by atomic mass is 9.99. The molecule has 19 heavy (non-hydrogen) atoms. The van der Waals surface area contributed by atoms with E-state index in [1.165, 1.54) is 11.3 Å². The quantitative estimate of drug-likeness (QED) is 0.416. The van der Waals surface area contributed by atoms with Crippen molar-refractivity contribution in [3.05, 3.63) is 21.9 Å². The molecule has 104 valence electrons. The van der Waals surface area contributed by atoms with Crippen LogP contribution in [0.4, 0.5) is 0 Å². The van der Waals surface area contributed by atoms with Gasteiger partial charge in [0.1, 0.15) is 0 Å². The second-order valence-corrected chi connectivity index (χ2v) is 6.14. The third kappa shape index (κ3) is 2.78. The Hall–Kier alpha value is -1.44. The summed E-state index contributed by atoms with van der Waals surface area (Å²) in [7, 11) is 0. The van der Waals surface area contributed by atoms with Crippen LogP contribution in [-0.2, 0) is 11.3 Å². The van der Waals surface area contributed by atoms with E-state index in [2.05, 4.69) is 15.6 Å². The van der Waals surface area contributed by atoms with Crippen LogP contribution < -0.4 is 16.6 Å². The lowest BCUT2D eigenvalue weighted by molar-refractivity contribution is -0.135. The summed E-state index contributed by atoms with van der Waals surface area (Å²) in [6.07, 6.45) is 0. The molecule has 1 aliphatic heterocycles. The first-order chi connectivity index (χ1) is 8.95. The molecule has 4 N–H and O–H groups in total. The van der Waals surface area contributed by atoms with Gasteiger partial charge in [-0.3, -0.25) is 19.9 Å². The Labute approximate surface area is 115 Å². The van der Waals surface area contributed by atoms with Crippen LogP contribution >= 0.6 is 11.3 Å². The van der Waals surface area contributed by atoms with Crippen LogP contribution in [0.5, 0.6) is 0 Å². The molecule has 2 heterocycles. The zero-order valence-electron chi connectivity index (χ0n) is 11.0. The second kappa shape index (κ2) is 5.28. The van der Waals surface area contributed by atoms with Gasteiger partial charge >= 0.3 is 0 Å². The average molecular weight is 282 g/mol. The first-order valence-corrected chi connectivity index (χ1v) is 6.90. The molecule has 2 amide bonds. The van der Waals surface area contributed by atoms with Gasteiger partial charge in [0.15, 0.2) is 0 Å². The number of hydrogen-bond acceptors (Lipinski definition) is 5. The highest BCUT2D eigenvalue weighted by molar-refractivity contribution is 7.14. The molecule has 0 radical (unpaired) electrons. The van der Waals surface area contributed by atoms with E-state index in [1.54, 1.807) is 6.07 Å². The number of nitrogens with zero attached hydrogens (tertiary/aromatic N) is 1. The molecule has 1 saturated heterocycles. The molecule has 0 spiro atoms. The number of hydrogen-bond donors (Lipinski definition) is 3. The number of amides is 2. The number of carbonyl (C=O) groups excluding carboxylic acids is 2. The average Bonchev–Trinajstić information content (AvgIpc) is 2.83. The maximum Gasteiger partial charge on any atom is 0.275 e. The van der Waals surface area contributed by atoms with Crippen LogP contribution in [0.15, 0.2) is 12.1 Å². The molecule has 0 saturated carbocycles. The molecule has 0 atom stereocenters. The van der Waals surface area contributed by atoms with E-state index in [4.69, 9.17) is 5.84 Å². The molecule has 1 aliphatic rings. The lowest BCUT2D eigenvalue weighted by Gasteiger charge is -2.40. The molecule has 7 heteroatoms. The van der Waals surface area contributed by atoms with Crippen molar-refractivity contribution in [2.45, 2.75) is 25.9 Å². The molecule has 1 aromatic heterocycles. The fraction of sp³-hybridized carbons (Fsp3) is 0.500. The summed E-state index contributed by atoms with van der Waals surface area (Å²) in [5.74, 6) is 4.85. The molecular weight excluding hydrogens is 264 g/mol. The highest BCUT2D eigenvalue weighted by atomic mass is 32.1. The molecule has 0 bridgehead atoms. The Kier molecular flexibility index (Phi) is 3.88. The summed E-state index contributed by atoms with van der Waals surface area (Å²) >= 11 is 1.40. The molecule has 0 aromatic carbocycles. The maximum atomic E-state index is 11.8. The molecular formula is C12H18N4O2S. The van der Waals surface area contributed by atoms with Gasteiger partial charge in [-0.15, -0.1) is 11.3 Å². The molecule has 2 rings (SSSR count). The number of nitrogens with one attached hydrogen (secondary N) is 2. The van der Waals surface area contributed by atoms with E-state index in [9.17, 15) is 9.59 Å². The minimum atomic E-state index is -0.529. The summed E-state index contributed by atoms with van der Waals surface area (Å²) in [6.45, 7) is 5.92. The highest BCUT2D eigenvalue weighted by Crippen LogP contribution is 2.24. The fourth-order valence-electron chi connectivity index (χ4n) is 2.06. The Morgan fingerprint density at radius 3 is 3.00 bits per heavy atom. The Bertz CT molecular complexity index is 498. The number of nitrogen functional groups attached to an aromatic ring is 1. The van der Waals surface area contributed by atoms with Gasteiger partial charge in [-0.1, -0.05) is 0 Å². The predicted octanol–water partition coefficient (Wildman–Crippen LogP) is 0.0620. The summed E-state index contributed by atoms with van der Waals surface area (Å²) in [6, 6.07) is 3.65. The predicted molar refractivity (Wildman–Crippen MR) is 73.5 cm³/mol. The molecule has 1 aromatic rings. The van der Waals surface area contributed by atoms with Crippen molar-refractivity contribution < 1.29 is 9.59 Å². The van der Waals surface area contributed by atoms with Gasteiger partial charge < -0.3 is 5.32 Å². The van der Waals surface area contributed by atoms with E-state index >= 15 is 0 Å². The van der Waals surface area contributed by atoms with Gasteiger partial charge in [0.25, 0.3) is 5.91 Å². The maximum absolute atomic E-state index is 11.8. The molecule has 1 fully saturated rings. The van der Waals surface area contributed by atoms with Crippen molar-refractivity contribution in [3.8, 4) is 0 Å². The summed E-state index contributed by atoms with van der Waals surface area (Å²) in [5, 5.41) is 2.86. The number of carbonyl (C=O) groups is 2. The standard InChI is InChI=1S/C12H18N4O2S/c1-12(2)11(18)14-5-6-16(12)7-8-3-4-9(19-8)10(17)15-13/h3-4H,5-7,13H2,1-2H3,(H,14,18)(H,15,17). The van der Waals surface area contributed by atoms with E-state index in [0.29, 0.717) is 18.0 Å². The summed E-state index contributed by atoms with van der Waals surface area (Å²) in [4.78, 5) is 27.0. The minimum Gasteiger partial charge on any atom is -0.353 e. The summed E-state index contributed by atoms with van der Waals surface area (Å²) < 4.78 is 0. The van der Waals surface area contributed by atoms with Gasteiger partial charge in [0.2, 0.25) is 5.91 Å². The Balaban J connectivity index is 2.10. The van der Waals surface area contributed by atoms with Crippen LogP contribution in [0, 0.1) is 0 Å². The smallest absolute Gasteiger partial charge is 0.275 e. The number of hydrazine groups is 1. The van der Waals surface area contributed by atoms with Crippen molar-refractivity contribution in [1.29, 1.82) is 0 Å². The number of nitrogens with two attached hydrogens (primary N) is 1. The number of thiophene rings is 1. The zero-order valence-corrected chi connectivity index (χ0v) is 11.8. The van der Waals surface area contributed by atoms with Crippen molar-refractivity contribution >= 4 is 23.2 Å². The zero-order chi connectivity index (χ0) is 14.0. The van der Waals surface area contributed by atoms with Crippen molar-refractivity contribution in [1.82, 2.24) is 15.6 Å². The van der Waals surface area contributed by atoms with Gasteiger partial charge in [0, 0.05) is 24.5 Å². The van der Waals surface area contributed by atoms with Crippen LogP contribution in [0.25, 0.3) is 0 Å². The third-order valence-electron chi connectivity index (χ3n) is 3.38. The van der Waals surface area contributed by atoms with Gasteiger partial charge in [-0.05, 0) is 26.0 Å². The largest absolute Gasteiger partial charge is 0.353 e. The van der Waals surface area contributed by atoms with E-state index in [0.717, 1.165) is 11.4 Å². The Morgan fingerprint density at radius 2 is 2.32 bits per heavy atom. The first-order valence-electron chi connectivity index (χ1n) is 6.08. The summed E-state index contributed by atoms with van der Waals surface area (Å²) in [5.41, 5.74) is 1.59. The monoisotopic (exact) mass is 282 g/mol. The van der Waals surface area contributed by atoms with Crippen LogP contribution in [0.2, 0.25) is 0 Å². The van der Waals surface area contributed by atoms with E-state index in [-0.39, 0.29) is 11.8 Å². The lowest BCUT2D eigenvalue weighted by Crippen LogP contribution is -2.61. The highest BCUT2D eigenvalue weighted by Gasteiger charge is 2.37. The molecule has 6 nitrogen and oxygen atoms in total. The van der Waals surface area contributed by atoms with Gasteiger partial charge in [-0.2, -0.15) is 0 Å². The van der Waals surface area contributed by atoms with Crippen LogP contribution in [0.3, 0.4) is 0 Å². The SMILES string of the molecule is CC1(C)C(=O)NCCN1Cc1ccc(C(=O)NN)s1. The number of rotatable bonds is 3. The van der Waals surface area contributed by atoms with Crippen molar-refractivity contribution in [2.24, 2.45) is 5.84 Å². The second-order valence-electron chi connectivity index (χ2n) is 4.98. The van der Waals surface area contributed by atoms with Crippen molar-refractivity contribution in [2.75, 3.05) is 13.1 Å². The van der Waals surface area contributed by atoms with E-state index in [1.807, 2.05) is 19.9 Å². The van der Waals surface area contributed by atoms with Gasteiger partial charge in [-0.25, -0.2) is 5.84 Å². The third-order valence-corrected chi connectivity index (χ3v) is 4.45. The number of piperazine rings is 1. The van der Waals surface area contributed by atoms with Gasteiger partial charge in [0.05, 0.1) is 10.4 Å². The van der Waals surface area contributed by atoms with Crippen LogP contribution in [0.1, 0.15) is 28.4 Å². The minimum absolute atomic E-state index is 0.0373. The van der Waals surface area contributed by atoms with Crippen LogP contribution in [-0.4, -0.2) is 35.3 Å².